The summed E-state index contributed by atoms with van der Waals surface area (Å²) in [5.74, 6) is -1.28. The summed E-state index contributed by atoms with van der Waals surface area (Å²) in [7, 11) is 0. The zero-order valence-corrected chi connectivity index (χ0v) is 19.0. The number of aryl methyl sites for hydroxylation is 2. The predicted octanol–water partition coefficient (Wildman–Crippen LogP) is 3.65. The van der Waals surface area contributed by atoms with Crippen LogP contribution in [0.4, 0.5) is 9.18 Å². The summed E-state index contributed by atoms with van der Waals surface area (Å²) in [6, 6.07) is 9.88. The second-order valence-corrected chi connectivity index (χ2v) is 8.82. The second kappa shape index (κ2) is 10.4. The molecule has 0 unspecified atom stereocenters. The molecule has 1 aliphatic heterocycles. The van der Waals surface area contributed by atoms with Gasteiger partial charge in [0.25, 0.3) is 11.1 Å². The third-order valence-corrected chi connectivity index (χ3v) is 6.37. The van der Waals surface area contributed by atoms with E-state index in [2.05, 4.69) is 16.4 Å². The van der Waals surface area contributed by atoms with Crippen molar-refractivity contribution in [2.75, 3.05) is 18.8 Å². The molecule has 1 fully saturated rings. The number of aromatic nitrogens is 1. The van der Waals surface area contributed by atoms with Crippen molar-refractivity contribution in [1.29, 1.82) is 5.26 Å². The quantitative estimate of drug-likeness (QED) is 0.487. The first-order chi connectivity index (χ1) is 15.3. The average molecular weight is 471 g/mol. The van der Waals surface area contributed by atoms with E-state index in [-0.39, 0.29) is 35.2 Å². The molecule has 0 bridgehead atoms. The number of nitriles is 1. The number of carbonyl (C=O) groups is 3. The fraction of sp³-hybridized carbons (Fsp3) is 0.227. The molecule has 7 nitrogen and oxygen atoms in total. The van der Waals surface area contributed by atoms with Crippen LogP contribution in [0.15, 0.2) is 40.3 Å². The number of imide groups is 1. The number of amides is 3. The van der Waals surface area contributed by atoms with E-state index in [0.717, 1.165) is 39.7 Å². The van der Waals surface area contributed by atoms with E-state index in [4.69, 9.17) is 0 Å². The Kier molecular flexibility index (Phi) is 7.66. The zero-order valence-electron chi connectivity index (χ0n) is 17.3. The Morgan fingerprint density at radius 3 is 2.81 bits per heavy atom. The molecule has 0 saturated carbocycles. The van der Waals surface area contributed by atoms with Crippen LogP contribution < -0.4 is 5.32 Å². The van der Waals surface area contributed by atoms with Crippen LogP contribution in [-0.2, 0) is 9.59 Å². The Balaban J connectivity index is 1.53. The minimum absolute atomic E-state index is 0.000927. The van der Waals surface area contributed by atoms with Gasteiger partial charge in [-0.2, -0.15) is 5.26 Å². The Hall–Kier alpha value is -3.16. The summed E-state index contributed by atoms with van der Waals surface area (Å²) in [6.07, 6.45) is 1.35. The minimum atomic E-state index is -0.523. The fourth-order valence-electron chi connectivity index (χ4n) is 2.96. The second-order valence-electron chi connectivity index (χ2n) is 6.87. The molecule has 1 aliphatic rings. The van der Waals surface area contributed by atoms with Gasteiger partial charge in [-0.15, -0.1) is 0 Å². The van der Waals surface area contributed by atoms with Crippen LogP contribution >= 0.6 is 23.5 Å². The SMILES string of the molecule is Cc1cc(C)c(C#N)c(SCC(=O)NCCN2C(=O)S/C(=C\c3ccccc3F)C2=O)n1. The molecule has 32 heavy (non-hydrogen) atoms. The van der Waals surface area contributed by atoms with Gasteiger partial charge >= 0.3 is 0 Å². The number of hydrogen-bond donors (Lipinski definition) is 1. The van der Waals surface area contributed by atoms with Crippen LogP contribution in [0.5, 0.6) is 0 Å². The summed E-state index contributed by atoms with van der Waals surface area (Å²) in [6.45, 7) is 3.71. The lowest BCUT2D eigenvalue weighted by Gasteiger charge is -2.13. The van der Waals surface area contributed by atoms with Crippen molar-refractivity contribution in [1.82, 2.24) is 15.2 Å². The largest absolute Gasteiger partial charge is 0.354 e. The molecule has 1 N–H and O–H groups in total. The Morgan fingerprint density at radius 1 is 1.34 bits per heavy atom. The van der Waals surface area contributed by atoms with Crippen molar-refractivity contribution < 1.29 is 18.8 Å². The number of benzene rings is 1. The maximum Gasteiger partial charge on any atom is 0.293 e. The number of thioether (sulfide) groups is 2. The summed E-state index contributed by atoms with van der Waals surface area (Å²) in [5, 5.41) is 12.0. The average Bonchev–Trinajstić information content (AvgIpc) is 3.01. The van der Waals surface area contributed by atoms with Crippen molar-refractivity contribution in [2.24, 2.45) is 0 Å². The molecule has 0 atom stereocenters. The first kappa shape index (κ1) is 23.5. The molecule has 164 valence electrons. The molecule has 3 amide bonds. The van der Waals surface area contributed by atoms with E-state index in [1.165, 1.54) is 24.3 Å². The summed E-state index contributed by atoms with van der Waals surface area (Å²) < 4.78 is 13.8. The number of halogens is 1. The van der Waals surface area contributed by atoms with Crippen LogP contribution in [0.2, 0.25) is 0 Å². The van der Waals surface area contributed by atoms with Gasteiger partial charge in [0.2, 0.25) is 5.91 Å². The van der Waals surface area contributed by atoms with Gasteiger partial charge in [0.15, 0.2) is 0 Å². The Bertz CT molecular complexity index is 1160. The van der Waals surface area contributed by atoms with Crippen molar-refractivity contribution >= 4 is 46.7 Å². The van der Waals surface area contributed by atoms with Crippen LogP contribution in [0.3, 0.4) is 0 Å². The normalized spacial score (nSPS) is 14.7. The highest BCUT2D eigenvalue weighted by atomic mass is 32.2. The standard InChI is InChI=1S/C22H19FN4O3S2/c1-13-9-14(2)26-20(16(13)11-24)31-12-19(28)25-7-8-27-21(29)18(32-22(27)30)10-15-5-3-4-6-17(15)23/h3-6,9-10H,7-8,12H2,1-2H3,(H,25,28)/b18-10-. The first-order valence-corrected chi connectivity index (χ1v) is 11.4. The number of pyridine rings is 1. The Morgan fingerprint density at radius 2 is 2.09 bits per heavy atom. The minimum Gasteiger partial charge on any atom is -0.354 e. The van der Waals surface area contributed by atoms with Crippen LogP contribution in [0.25, 0.3) is 6.08 Å². The molecule has 0 aliphatic carbocycles. The van der Waals surface area contributed by atoms with Crippen molar-refractivity contribution in [3.63, 3.8) is 0 Å². The zero-order chi connectivity index (χ0) is 23.3. The summed E-state index contributed by atoms with van der Waals surface area (Å²) >= 11 is 1.89. The number of carbonyl (C=O) groups excluding carboxylic acids is 3. The van der Waals surface area contributed by atoms with E-state index in [9.17, 15) is 24.0 Å². The molecular weight excluding hydrogens is 451 g/mol. The lowest BCUT2D eigenvalue weighted by atomic mass is 10.1. The van der Waals surface area contributed by atoms with Crippen LogP contribution in [-0.4, -0.2) is 45.8 Å². The monoisotopic (exact) mass is 470 g/mol. The fourth-order valence-corrected chi connectivity index (χ4v) is 4.75. The van der Waals surface area contributed by atoms with Crippen LogP contribution in [0, 0.1) is 31.0 Å². The van der Waals surface area contributed by atoms with Crippen LogP contribution in [0.1, 0.15) is 22.4 Å². The smallest absolute Gasteiger partial charge is 0.293 e. The molecule has 1 aromatic heterocycles. The van der Waals surface area contributed by atoms with E-state index in [0.29, 0.717) is 10.6 Å². The number of rotatable bonds is 7. The summed E-state index contributed by atoms with van der Waals surface area (Å²) in [5.41, 5.74) is 2.21. The van der Waals surface area contributed by atoms with Gasteiger partial charge in [-0.05, 0) is 49.4 Å². The highest BCUT2D eigenvalue weighted by Crippen LogP contribution is 2.32. The molecule has 2 heterocycles. The first-order valence-electron chi connectivity index (χ1n) is 9.58. The van der Waals surface area contributed by atoms with Gasteiger partial charge in [-0.1, -0.05) is 30.0 Å². The number of nitrogens with zero attached hydrogens (tertiary/aromatic N) is 3. The van der Waals surface area contributed by atoms with E-state index >= 15 is 0 Å². The molecule has 3 rings (SSSR count). The van der Waals surface area contributed by atoms with Gasteiger partial charge in [0, 0.05) is 24.3 Å². The third kappa shape index (κ3) is 5.55. The van der Waals surface area contributed by atoms with E-state index in [1.807, 2.05) is 13.8 Å². The van der Waals surface area contributed by atoms with Gasteiger partial charge < -0.3 is 5.32 Å². The van der Waals surface area contributed by atoms with E-state index in [1.54, 1.807) is 12.1 Å². The molecule has 1 saturated heterocycles. The van der Waals surface area contributed by atoms with E-state index < -0.39 is 17.0 Å². The summed E-state index contributed by atoms with van der Waals surface area (Å²) in [4.78, 5) is 42.3. The van der Waals surface area contributed by atoms with Gasteiger partial charge in [0.05, 0.1) is 16.2 Å². The number of nitrogens with one attached hydrogen (secondary N) is 1. The van der Waals surface area contributed by atoms with Crippen molar-refractivity contribution in [3.8, 4) is 6.07 Å². The molecule has 10 heteroatoms. The molecule has 0 spiro atoms. The highest BCUT2D eigenvalue weighted by molar-refractivity contribution is 8.18. The lowest BCUT2D eigenvalue weighted by Crippen LogP contribution is -2.37. The van der Waals surface area contributed by atoms with Crippen molar-refractivity contribution in [2.45, 2.75) is 18.9 Å². The lowest BCUT2D eigenvalue weighted by molar-refractivity contribution is -0.123. The highest BCUT2D eigenvalue weighted by Gasteiger charge is 2.34. The van der Waals surface area contributed by atoms with Gasteiger partial charge in [-0.25, -0.2) is 9.37 Å². The Labute approximate surface area is 193 Å². The maximum absolute atomic E-state index is 13.8. The third-order valence-electron chi connectivity index (χ3n) is 4.49. The molecule has 1 aromatic carbocycles. The van der Waals surface area contributed by atoms with Gasteiger partial charge in [0.1, 0.15) is 16.9 Å². The topological polar surface area (TPSA) is 103 Å². The number of hydrogen-bond acceptors (Lipinski definition) is 7. The molecule has 0 radical (unpaired) electrons. The van der Waals surface area contributed by atoms with Gasteiger partial charge in [-0.3, -0.25) is 19.3 Å². The predicted molar refractivity (Wildman–Crippen MR) is 121 cm³/mol. The molecule has 2 aromatic rings. The van der Waals surface area contributed by atoms with Crippen molar-refractivity contribution in [3.05, 3.63) is 63.4 Å². The molecular formula is C22H19FN4O3S2. The maximum atomic E-state index is 13.8.